The predicted molar refractivity (Wildman–Crippen MR) is 74.6 cm³/mol. The van der Waals surface area contributed by atoms with E-state index in [0.717, 1.165) is 24.9 Å². The number of aromatic nitrogens is 2. The van der Waals surface area contributed by atoms with Crippen LogP contribution in [0.1, 0.15) is 25.3 Å². The number of halogens is 1. The van der Waals surface area contributed by atoms with Gasteiger partial charge in [0.05, 0.1) is 6.20 Å². The highest BCUT2D eigenvalue weighted by Gasteiger charge is 2.40. The first-order valence-electron chi connectivity index (χ1n) is 6.75. The van der Waals surface area contributed by atoms with Crippen LogP contribution in [0.5, 0.6) is 0 Å². The summed E-state index contributed by atoms with van der Waals surface area (Å²) in [6.07, 6.45) is 6.72. The number of rotatable bonds is 3. The fraction of sp³-hybridized carbons (Fsp3) is 0.769. The zero-order valence-electron chi connectivity index (χ0n) is 11.0. The molecule has 0 amide bonds. The molecular weight excluding hydrogens is 248 g/mol. The highest BCUT2D eigenvalue weighted by molar-refractivity contribution is 5.85. The van der Waals surface area contributed by atoms with Crippen LogP contribution in [0.3, 0.4) is 0 Å². The summed E-state index contributed by atoms with van der Waals surface area (Å²) in [5.74, 6) is 1.60. The molecule has 0 aromatic carbocycles. The monoisotopic (exact) mass is 270 g/mol. The third-order valence-electron chi connectivity index (χ3n) is 4.40. The Bertz CT molecular complexity index is 392. The molecule has 3 atom stereocenters. The SMILES string of the molecule is CCn1cc(CN2CC3CCC(N)C3C2)cn1.Cl. The lowest BCUT2D eigenvalue weighted by atomic mass is 9.98. The summed E-state index contributed by atoms with van der Waals surface area (Å²) >= 11 is 0. The maximum atomic E-state index is 6.16. The molecule has 1 saturated heterocycles. The average Bonchev–Trinajstić information content (AvgIpc) is 2.98. The molecule has 1 aromatic heterocycles. The molecule has 1 aliphatic carbocycles. The van der Waals surface area contributed by atoms with Crippen molar-refractivity contribution in [1.82, 2.24) is 14.7 Å². The predicted octanol–water partition coefficient (Wildman–Crippen LogP) is 1.49. The van der Waals surface area contributed by atoms with E-state index in [2.05, 4.69) is 23.1 Å². The second-order valence-electron chi connectivity index (χ2n) is 5.56. The summed E-state index contributed by atoms with van der Waals surface area (Å²) in [6.45, 7) is 6.53. The maximum Gasteiger partial charge on any atom is 0.0534 e. The highest BCUT2D eigenvalue weighted by atomic mass is 35.5. The van der Waals surface area contributed by atoms with Crippen LogP contribution in [0.15, 0.2) is 12.4 Å². The first-order valence-corrected chi connectivity index (χ1v) is 6.75. The van der Waals surface area contributed by atoms with Crippen molar-refractivity contribution in [3.8, 4) is 0 Å². The molecule has 0 bridgehead atoms. The number of likely N-dealkylation sites (tertiary alicyclic amines) is 1. The number of fused-ring (bicyclic) bond motifs is 1. The zero-order chi connectivity index (χ0) is 11.8. The molecule has 1 aliphatic heterocycles. The summed E-state index contributed by atoms with van der Waals surface area (Å²) in [5.41, 5.74) is 7.49. The molecule has 18 heavy (non-hydrogen) atoms. The summed E-state index contributed by atoms with van der Waals surface area (Å²) in [7, 11) is 0. The van der Waals surface area contributed by atoms with Crippen LogP contribution in [0.2, 0.25) is 0 Å². The Labute approximate surface area is 115 Å². The van der Waals surface area contributed by atoms with Crippen LogP contribution >= 0.6 is 12.4 Å². The molecule has 3 unspecified atom stereocenters. The summed E-state index contributed by atoms with van der Waals surface area (Å²) in [4.78, 5) is 2.55. The van der Waals surface area contributed by atoms with Crippen molar-refractivity contribution in [1.29, 1.82) is 0 Å². The van der Waals surface area contributed by atoms with Gasteiger partial charge in [-0.05, 0) is 31.6 Å². The highest BCUT2D eigenvalue weighted by Crippen LogP contribution is 2.37. The number of nitrogens with zero attached hydrogens (tertiary/aromatic N) is 3. The molecule has 0 radical (unpaired) electrons. The van der Waals surface area contributed by atoms with Crippen molar-refractivity contribution in [2.24, 2.45) is 17.6 Å². The molecule has 1 aromatic rings. The molecule has 102 valence electrons. The molecule has 1 saturated carbocycles. The second-order valence-corrected chi connectivity index (χ2v) is 5.56. The Hall–Kier alpha value is -0.580. The van der Waals surface area contributed by atoms with Crippen molar-refractivity contribution < 1.29 is 0 Å². The van der Waals surface area contributed by atoms with Gasteiger partial charge in [0.2, 0.25) is 0 Å². The van der Waals surface area contributed by atoms with Crippen molar-refractivity contribution in [2.75, 3.05) is 13.1 Å². The Morgan fingerprint density at radius 2 is 2.22 bits per heavy atom. The minimum absolute atomic E-state index is 0. The van der Waals surface area contributed by atoms with E-state index in [4.69, 9.17) is 5.73 Å². The van der Waals surface area contributed by atoms with Crippen LogP contribution in [-0.4, -0.2) is 33.8 Å². The van der Waals surface area contributed by atoms with Crippen LogP contribution in [0, 0.1) is 11.8 Å². The maximum absolute atomic E-state index is 6.16. The van der Waals surface area contributed by atoms with Gasteiger partial charge in [0.15, 0.2) is 0 Å². The van der Waals surface area contributed by atoms with E-state index in [0.29, 0.717) is 6.04 Å². The van der Waals surface area contributed by atoms with Crippen molar-refractivity contribution in [3.63, 3.8) is 0 Å². The summed E-state index contributed by atoms with van der Waals surface area (Å²) in [5, 5.41) is 4.33. The van der Waals surface area contributed by atoms with Gasteiger partial charge in [-0.1, -0.05) is 0 Å². The lowest BCUT2D eigenvalue weighted by molar-refractivity contribution is 0.298. The van der Waals surface area contributed by atoms with Gasteiger partial charge in [-0.3, -0.25) is 9.58 Å². The first kappa shape index (κ1) is 13.8. The largest absolute Gasteiger partial charge is 0.327 e. The summed E-state index contributed by atoms with van der Waals surface area (Å²) in [6, 6.07) is 0.448. The van der Waals surface area contributed by atoms with E-state index in [1.165, 1.54) is 31.5 Å². The Morgan fingerprint density at radius 1 is 1.39 bits per heavy atom. The van der Waals surface area contributed by atoms with Crippen molar-refractivity contribution in [2.45, 2.75) is 38.9 Å². The smallest absolute Gasteiger partial charge is 0.0534 e. The van der Waals surface area contributed by atoms with Gasteiger partial charge in [0, 0.05) is 44.0 Å². The van der Waals surface area contributed by atoms with Crippen LogP contribution in [0.25, 0.3) is 0 Å². The number of nitrogens with two attached hydrogens (primary N) is 1. The lowest BCUT2D eigenvalue weighted by Crippen LogP contribution is -2.30. The fourth-order valence-corrected chi connectivity index (χ4v) is 3.45. The second kappa shape index (κ2) is 5.59. The van der Waals surface area contributed by atoms with Gasteiger partial charge in [-0.15, -0.1) is 12.4 Å². The Balaban J connectivity index is 0.00000120. The third-order valence-corrected chi connectivity index (χ3v) is 4.40. The van der Waals surface area contributed by atoms with Gasteiger partial charge in [-0.2, -0.15) is 5.10 Å². The van der Waals surface area contributed by atoms with E-state index >= 15 is 0 Å². The Kier molecular flexibility index (Phi) is 4.30. The van der Waals surface area contributed by atoms with Crippen LogP contribution in [-0.2, 0) is 13.1 Å². The normalized spacial score (nSPS) is 31.3. The first-order chi connectivity index (χ1) is 8.26. The van der Waals surface area contributed by atoms with E-state index in [-0.39, 0.29) is 12.4 Å². The van der Waals surface area contributed by atoms with Crippen molar-refractivity contribution in [3.05, 3.63) is 18.0 Å². The van der Waals surface area contributed by atoms with E-state index in [1.807, 2.05) is 10.9 Å². The van der Waals surface area contributed by atoms with Gasteiger partial charge in [0.1, 0.15) is 0 Å². The number of hydrogen-bond acceptors (Lipinski definition) is 3. The molecule has 4 nitrogen and oxygen atoms in total. The van der Waals surface area contributed by atoms with E-state index in [1.54, 1.807) is 0 Å². The van der Waals surface area contributed by atoms with E-state index in [9.17, 15) is 0 Å². The van der Waals surface area contributed by atoms with Crippen LogP contribution < -0.4 is 5.73 Å². The minimum Gasteiger partial charge on any atom is -0.327 e. The van der Waals surface area contributed by atoms with Crippen LogP contribution in [0.4, 0.5) is 0 Å². The molecule has 2 aliphatic rings. The van der Waals surface area contributed by atoms with Gasteiger partial charge in [-0.25, -0.2) is 0 Å². The molecule has 3 rings (SSSR count). The molecule has 5 heteroatoms. The quantitative estimate of drug-likeness (QED) is 0.905. The lowest BCUT2D eigenvalue weighted by Gasteiger charge is -2.17. The van der Waals surface area contributed by atoms with Gasteiger partial charge in [0.25, 0.3) is 0 Å². The zero-order valence-corrected chi connectivity index (χ0v) is 11.8. The van der Waals surface area contributed by atoms with Gasteiger partial charge < -0.3 is 5.73 Å². The standard InChI is InChI=1S/C13H22N4.ClH/c1-2-17-7-10(5-15-17)6-16-8-11-3-4-13(14)12(11)9-16;/h5,7,11-13H,2-4,6,8-9,14H2,1H3;1H. The molecule has 0 spiro atoms. The molecular formula is C13H23ClN4. The third kappa shape index (κ3) is 2.56. The molecule has 2 heterocycles. The fourth-order valence-electron chi connectivity index (χ4n) is 3.45. The number of aryl methyl sites for hydroxylation is 1. The van der Waals surface area contributed by atoms with Crippen molar-refractivity contribution >= 4 is 12.4 Å². The summed E-state index contributed by atoms with van der Waals surface area (Å²) < 4.78 is 2.00. The topological polar surface area (TPSA) is 47.1 Å². The van der Waals surface area contributed by atoms with Gasteiger partial charge >= 0.3 is 0 Å². The Morgan fingerprint density at radius 3 is 2.89 bits per heavy atom. The average molecular weight is 271 g/mol. The number of hydrogen-bond donors (Lipinski definition) is 1. The minimum atomic E-state index is 0. The molecule has 2 N–H and O–H groups in total. The molecule has 2 fully saturated rings. The van der Waals surface area contributed by atoms with E-state index < -0.39 is 0 Å².